The third kappa shape index (κ3) is 5.67. The molecule has 29 heavy (non-hydrogen) atoms. The van der Waals surface area contributed by atoms with E-state index in [9.17, 15) is 4.79 Å². The van der Waals surface area contributed by atoms with Gasteiger partial charge in [-0.15, -0.1) is 0 Å². The van der Waals surface area contributed by atoms with Crippen molar-refractivity contribution in [1.82, 2.24) is 4.90 Å². The molecule has 0 bridgehead atoms. The Balaban J connectivity index is 2.05. The molecule has 0 aromatic heterocycles. The molecule has 0 aliphatic heterocycles. The Morgan fingerprint density at radius 2 is 1.59 bits per heavy atom. The van der Waals surface area contributed by atoms with Gasteiger partial charge in [0, 0.05) is 13.6 Å². The van der Waals surface area contributed by atoms with E-state index in [-0.39, 0.29) is 12.5 Å². The summed E-state index contributed by atoms with van der Waals surface area (Å²) in [4.78, 5) is 14.2. The molecule has 0 radical (unpaired) electrons. The number of carbonyl (C=O) groups excluding carboxylic acids is 1. The van der Waals surface area contributed by atoms with Crippen LogP contribution in [-0.4, -0.2) is 45.8 Å². The highest BCUT2D eigenvalue weighted by Gasteiger charge is 2.15. The molecule has 156 valence electrons. The van der Waals surface area contributed by atoms with E-state index in [2.05, 4.69) is 0 Å². The molecule has 0 fully saturated rings. The number of methoxy groups -OCH3 is 3. The van der Waals surface area contributed by atoms with E-state index in [1.165, 1.54) is 0 Å². The van der Waals surface area contributed by atoms with E-state index in [1.54, 1.807) is 39.3 Å². The van der Waals surface area contributed by atoms with Gasteiger partial charge in [-0.05, 0) is 54.8 Å². The van der Waals surface area contributed by atoms with Crippen LogP contribution in [0.4, 0.5) is 0 Å². The number of amides is 1. The highest BCUT2D eigenvalue weighted by Crippen LogP contribution is 2.31. The Kier molecular flexibility index (Phi) is 7.95. The lowest BCUT2D eigenvalue weighted by Gasteiger charge is -2.20. The van der Waals surface area contributed by atoms with Crippen LogP contribution in [0.25, 0.3) is 6.08 Å². The Morgan fingerprint density at radius 3 is 2.21 bits per heavy atom. The maximum Gasteiger partial charge on any atom is 0.260 e. The second-order valence-corrected chi connectivity index (χ2v) is 6.58. The molecule has 6 heteroatoms. The van der Waals surface area contributed by atoms with Crippen molar-refractivity contribution in [2.24, 2.45) is 0 Å². The Bertz CT molecular complexity index is 876. The molecular weight excluding hydrogens is 370 g/mol. The average molecular weight is 399 g/mol. The molecule has 6 nitrogen and oxygen atoms in total. The number of ether oxygens (including phenoxy) is 4. The van der Waals surface area contributed by atoms with Gasteiger partial charge in [0.05, 0.1) is 21.3 Å². The number of carbonyl (C=O) groups is 1. The summed E-state index contributed by atoms with van der Waals surface area (Å²) < 4.78 is 21.8. The molecule has 0 spiro atoms. The molecule has 0 heterocycles. The van der Waals surface area contributed by atoms with Crippen LogP contribution in [0.3, 0.4) is 0 Å². The number of hydrogen-bond acceptors (Lipinski definition) is 5. The van der Waals surface area contributed by atoms with Gasteiger partial charge in [0.1, 0.15) is 0 Å². The Morgan fingerprint density at radius 1 is 0.966 bits per heavy atom. The van der Waals surface area contributed by atoms with Crippen LogP contribution in [0.5, 0.6) is 23.0 Å². The molecular formula is C23H29NO5. The minimum absolute atomic E-state index is 0.0812. The number of hydrogen-bond donors (Lipinski definition) is 0. The molecule has 2 aromatic rings. The molecule has 0 atom stereocenters. The monoisotopic (exact) mass is 399 g/mol. The van der Waals surface area contributed by atoms with Gasteiger partial charge < -0.3 is 23.8 Å². The highest BCUT2D eigenvalue weighted by molar-refractivity contribution is 5.77. The van der Waals surface area contributed by atoms with Crippen molar-refractivity contribution in [2.45, 2.75) is 20.4 Å². The quantitative estimate of drug-likeness (QED) is 0.636. The summed E-state index contributed by atoms with van der Waals surface area (Å²) in [5, 5.41) is 0. The van der Waals surface area contributed by atoms with Crippen LogP contribution in [0, 0.1) is 6.92 Å². The smallest absolute Gasteiger partial charge is 0.260 e. The molecule has 1 amide bonds. The molecule has 0 aliphatic rings. The van der Waals surface area contributed by atoms with Gasteiger partial charge in [0.15, 0.2) is 29.6 Å². The summed E-state index contributed by atoms with van der Waals surface area (Å²) in [5.41, 5.74) is 3.00. The molecule has 0 saturated heterocycles. The Labute approximate surface area is 172 Å². The third-order valence-corrected chi connectivity index (χ3v) is 4.57. The predicted octanol–water partition coefficient (Wildman–Crippen LogP) is 4.09. The fraction of sp³-hybridized carbons (Fsp3) is 0.348. The van der Waals surface area contributed by atoms with Crippen molar-refractivity contribution in [2.75, 3.05) is 35.0 Å². The van der Waals surface area contributed by atoms with Gasteiger partial charge in [0.2, 0.25) is 0 Å². The summed E-state index contributed by atoms with van der Waals surface area (Å²) in [6, 6.07) is 9.39. The second-order valence-electron chi connectivity index (χ2n) is 6.58. The molecule has 2 aromatic carbocycles. The number of allylic oxidation sites excluding steroid dienone is 1. The largest absolute Gasteiger partial charge is 0.493 e. The molecule has 0 saturated carbocycles. The van der Waals surface area contributed by atoms with Gasteiger partial charge in [-0.2, -0.15) is 0 Å². The molecule has 0 N–H and O–H groups in total. The number of rotatable bonds is 9. The van der Waals surface area contributed by atoms with Crippen molar-refractivity contribution in [3.05, 3.63) is 53.1 Å². The van der Waals surface area contributed by atoms with Crippen molar-refractivity contribution in [1.29, 1.82) is 0 Å². The second kappa shape index (κ2) is 10.4. The lowest BCUT2D eigenvalue weighted by atomic mass is 10.1. The predicted molar refractivity (Wildman–Crippen MR) is 114 cm³/mol. The van der Waals surface area contributed by atoms with Crippen molar-refractivity contribution >= 4 is 12.0 Å². The van der Waals surface area contributed by atoms with Crippen molar-refractivity contribution in [3.63, 3.8) is 0 Å². The normalized spacial score (nSPS) is 10.7. The highest BCUT2D eigenvalue weighted by atomic mass is 16.5. The lowest BCUT2D eigenvalue weighted by molar-refractivity contribution is -0.132. The van der Waals surface area contributed by atoms with Crippen LogP contribution < -0.4 is 18.9 Å². The first-order valence-electron chi connectivity index (χ1n) is 9.32. The molecule has 0 unspecified atom stereocenters. The SMILES string of the molecule is C/C=C/c1ccc(OCC(=O)N(C)Cc2cc(OC)c(OC)cc2C)c(OC)c1. The van der Waals surface area contributed by atoms with E-state index in [1.807, 2.05) is 50.3 Å². The molecule has 2 rings (SSSR count). The lowest BCUT2D eigenvalue weighted by Crippen LogP contribution is -2.31. The summed E-state index contributed by atoms with van der Waals surface area (Å²) in [7, 11) is 6.52. The minimum atomic E-state index is -0.140. The van der Waals surface area contributed by atoms with Crippen LogP contribution in [-0.2, 0) is 11.3 Å². The summed E-state index contributed by atoms with van der Waals surface area (Å²) in [5.74, 6) is 2.28. The average Bonchev–Trinajstić information content (AvgIpc) is 2.73. The third-order valence-electron chi connectivity index (χ3n) is 4.57. The first kappa shape index (κ1) is 22.1. The zero-order valence-corrected chi connectivity index (χ0v) is 17.9. The van der Waals surface area contributed by atoms with Crippen LogP contribution in [0.15, 0.2) is 36.4 Å². The van der Waals surface area contributed by atoms with Gasteiger partial charge in [0.25, 0.3) is 5.91 Å². The van der Waals surface area contributed by atoms with Gasteiger partial charge in [-0.25, -0.2) is 0 Å². The van der Waals surface area contributed by atoms with Crippen LogP contribution in [0.1, 0.15) is 23.6 Å². The van der Waals surface area contributed by atoms with Gasteiger partial charge in [-0.1, -0.05) is 18.2 Å². The fourth-order valence-electron chi connectivity index (χ4n) is 2.89. The number of nitrogens with zero attached hydrogens (tertiary/aromatic N) is 1. The zero-order valence-electron chi connectivity index (χ0n) is 17.9. The minimum Gasteiger partial charge on any atom is -0.493 e. The van der Waals surface area contributed by atoms with Crippen LogP contribution in [0.2, 0.25) is 0 Å². The van der Waals surface area contributed by atoms with Crippen molar-refractivity contribution < 1.29 is 23.7 Å². The first-order chi connectivity index (χ1) is 13.9. The summed E-state index contributed by atoms with van der Waals surface area (Å²) >= 11 is 0. The zero-order chi connectivity index (χ0) is 21.4. The van der Waals surface area contributed by atoms with Crippen molar-refractivity contribution in [3.8, 4) is 23.0 Å². The maximum absolute atomic E-state index is 12.6. The van der Waals surface area contributed by atoms with E-state index >= 15 is 0 Å². The van der Waals surface area contributed by atoms with Gasteiger partial charge >= 0.3 is 0 Å². The Hall–Kier alpha value is -3.15. The number of likely N-dealkylation sites (N-methyl/N-ethyl adjacent to an activating group) is 1. The topological polar surface area (TPSA) is 57.2 Å². The number of benzene rings is 2. The summed E-state index contributed by atoms with van der Waals surface area (Å²) in [6.45, 7) is 4.28. The standard InChI is InChI=1S/C23H29NO5/c1-7-8-17-9-10-19(21(12-17)27-5)29-15-23(25)24(3)14-18-13-22(28-6)20(26-4)11-16(18)2/h7-13H,14-15H2,1-6H3/b8-7+. The maximum atomic E-state index is 12.6. The first-order valence-corrected chi connectivity index (χ1v) is 9.32. The summed E-state index contributed by atoms with van der Waals surface area (Å²) in [6.07, 6.45) is 3.92. The van der Waals surface area contributed by atoms with E-state index in [4.69, 9.17) is 18.9 Å². The van der Waals surface area contributed by atoms with Crippen LogP contribution >= 0.6 is 0 Å². The van der Waals surface area contributed by atoms with E-state index in [0.717, 1.165) is 16.7 Å². The van der Waals surface area contributed by atoms with E-state index < -0.39 is 0 Å². The van der Waals surface area contributed by atoms with Gasteiger partial charge in [-0.3, -0.25) is 4.79 Å². The fourth-order valence-corrected chi connectivity index (χ4v) is 2.89. The molecule has 0 aliphatic carbocycles. The van der Waals surface area contributed by atoms with E-state index in [0.29, 0.717) is 29.5 Å². The number of aryl methyl sites for hydroxylation is 1.